The van der Waals surface area contributed by atoms with Gasteiger partial charge in [-0.05, 0) is 64.7 Å². The first-order valence-electron chi connectivity index (χ1n) is 6.76. The molecule has 1 saturated heterocycles. The van der Waals surface area contributed by atoms with Crippen LogP contribution in [0.5, 0.6) is 0 Å². The second kappa shape index (κ2) is 5.86. The van der Waals surface area contributed by atoms with Crippen molar-refractivity contribution in [3.63, 3.8) is 0 Å². The van der Waals surface area contributed by atoms with Gasteiger partial charge in [-0.3, -0.25) is 0 Å². The largest absolute Gasteiger partial charge is 0.314 e. The highest BCUT2D eigenvalue weighted by Crippen LogP contribution is 2.33. The van der Waals surface area contributed by atoms with E-state index in [9.17, 15) is 0 Å². The van der Waals surface area contributed by atoms with Crippen LogP contribution in [0.1, 0.15) is 44.9 Å². The molecule has 0 amide bonds. The van der Waals surface area contributed by atoms with E-state index in [1.807, 2.05) is 0 Å². The fraction of sp³-hybridized carbons (Fsp3) is 1.00. The van der Waals surface area contributed by atoms with Crippen molar-refractivity contribution in [1.82, 2.24) is 10.2 Å². The Bertz CT molecular complexity index is 177. The molecule has 1 aliphatic heterocycles. The summed E-state index contributed by atoms with van der Waals surface area (Å²) in [5.41, 5.74) is 0. The average molecular weight is 210 g/mol. The molecule has 0 aromatic heterocycles. The van der Waals surface area contributed by atoms with Gasteiger partial charge in [-0.1, -0.05) is 12.8 Å². The topological polar surface area (TPSA) is 15.3 Å². The Labute approximate surface area is 94.4 Å². The van der Waals surface area contributed by atoms with Gasteiger partial charge in [-0.15, -0.1) is 0 Å². The minimum atomic E-state index is 0.800. The summed E-state index contributed by atoms with van der Waals surface area (Å²) in [4.78, 5) is 2.46. The summed E-state index contributed by atoms with van der Waals surface area (Å²) in [6.45, 7) is 3.82. The third-order valence-electron chi connectivity index (χ3n) is 3.87. The van der Waals surface area contributed by atoms with Gasteiger partial charge in [0.2, 0.25) is 0 Å². The zero-order valence-corrected chi connectivity index (χ0v) is 10.2. The second-order valence-corrected chi connectivity index (χ2v) is 5.47. The zero-order valence-electron chi connectivity index (χ0n) is 10.2. The number of nitrogens with one attached hydrogen (secondary N) is 1. The Kier molecular flexibility index (Phi) is 4.45. The number of hydrogen-bond acceptors (Lipinski definition) is 2. The highest BCUT2D eigenvalue weighted by atomic mass is 15.1. The van der Waals surface area contributed by atoms with Crippen LogP contribution in [-0.2, 0) is 0 Å². The van der Waals surface area contributed by atoms with Gasteiger partial charge < -0.3 is 10.2 Å². The summed E-state index contributed by atoms with van der Waals surface area (Å²) >= 11 is 0. The summed E-state index contributed by atoms with van der Waals surface area (Å²) in [6, 6.07) is 0.800. The van der Waals surface area contributed by atoms with Crippen LogP contribution in [0.15, 0.2) is 0 Å². The van der Waals surface area contributed by atoms with Crippen LogP contribution in [-0.4, -0.2) is 37.6 Å². The number of likely N-dealkylation sites (tertiary alicyclic amines) is 1. The molecule has 0 spiro atoms. The molecule has 0 bridgehead atoms. The molecule has 2 fully saturated rings. The van der Waals surface area contributed by atoms with Gasteiger partial charge in [0.05, 0.1) is 0 Å². The molecule has 2 heteroatoms. The Morgan fingerprint density at radius 1 is 1.13 bits per heavy atom. The smallest absolute Gasteiger partial charge is 0.00797 e. The predicted octanol–water partition coefficient (Wildman–Crippen LogP) is 2.25. The van der Waals surface area contributed by atoms with Crippen LogP contribution < -0.4 is 5.32 Å². The van der Waals surface area contributed by atoms with Gasteiger partial charge >= 0.3 is 0 Å². The van der Waals surface area contributed by atoms with Gasteiger partial charge in [0.15, 0.2) is 0 Å². The van der Waals surface area contributed by atoms with E-state index in [4.69, 9.17) is 0 Å². The fourth-order valence-corrected chi connectivity index (χ4v) is 2.55. The van der Waals surface area contributed by atoms with Crippen LogP contribution >= 0.6 is 0 Å². The minimum Gasteiger partial charge on any atom is -0.314 e. The molecule has 1 N–H and O–H groups in total. The van der Waals surface area contributed by atoms with Gasteiger partial charge in [-0.25, -0.2) is 0 Å². The standard InChI is InChI=1S/C13H26N2/c1-15-10-3-5-13(8-11-15)14-9-2-4-12-6-7-12/h12-14H,2-11H2,1H3. The van der Waals surface area contributed by atoms with Gasteiger partial charge in [-0.2, -0.15) is 0 Å². The predicted molar refractivity (Wildman–Crippen MR) is 65.1 cm³/mol. The third-order valence-corrected chi connectivity index (χ3v) is 3.87. The Balaban J connectivity index is 1.52. The van der Waals surface area contributed by atoms with Crippen LogP contribution in [0.3, 0.4) is 0 Å². The maximum atomic E-state index is 3.74. The molecule has 2 nitrogen and oxygen atoms in total. The van der Waals surface area contributed by atoms with Crippen molar-refractivity contribution >= 4 is 0 Å². The Hall–Kier alpha value is -0.0800. The van der Waals surface area contributed by atoms with Gasteiger partial charge in [0.1, 0.15) is 0 Å². The molecule has 1 aliphatic carbocycles. The van der Waals surface area contributed by atoms with Gasteiger partial charge in [0, 0.05) is 6.04 Å². The zero-order chi connectivity index (χ0) is 10.5. The SMILES string of the molecule is CN1CCCC(NCCCC2CC2)CC1. The highest BCUT2D eigenvalue weighted by molar-refractivity contribution is 4.75. The van der Waals surface area contributed by atoms with Crippen molar-refractivity contribution in [2.24, 2.45) is 5.92 Å². The molecule has 0 aromatic rings. The molecule has 88 valence electrons. The summed E-state index contributed by atoms with van der Waals surface area (Å²) in [6.07, 6.45) is 9.99. The van der Waals surface area contributed by atoms with Crippen LogP contribution in [0.25, 0.3) is 0 Å². The van der Waals surface area contributed by atoms with E-state index in [1.54, 1.807) is 0 Å². The summed E-state index contributed by atoms with van der Waals surface area (Å²) < 4.78 is 0. The lowest BCUT2D eigenvalue weighted by Gasteiger charge is -2.16. The summed E-state index contributed by atoms with van der Waals surface area (Å²) in [5, 5.41) is 3.74. The van der Waals surface area contributed by atoms with Crippen molar-refractivity contribution in [3.05, 3.63) is 0 Å². The van der Waals surface area contributed by atoms with E-state index in [0.29, 0.717) is 0 Å². The molecule has 1 unspecified atom stereocenters. The van der Waals surface area contributed by atoms with E-state index >= 15 is 0 Å². The highest BCUT2D eigenvalue weighted by Gasteiger charge is 2.20. The lowest BCUT2D eigenvalue weighted by Crippen LogP contribution is -2.31. The van der Waals surface area contributed by atoms with E-state index in [1.165, 1.54) is 64.6 Å². The van der Waals surface area contributed by atoms with Crippen LogP contribution in [0.4, 0.5) is 0 Å². The molecule has 2 aliphatic rings. The number of hydrogen-bond donors (Lipinski definition) is 1. The number of rotatable bonds is 5. The van der Waals surface area contributed by atoms with Crippen molar-refractivity contribution in [2.75, 3.05) is 26.7 Å². The van der Waals surface area contributed by atoms with Crippen molar-refractivity contribution in [2.45, 2.75) is 51.0 Å². The fourth-order valence-electron chi connectivity index (χ4n) is 2.55. The maximum absolute atomic E-state index is 3.74. The van der Waals surface area contributed by atoms with Crippen molar-refractivity contribution < 1.29 is 0 Å². The van der Waals surface area contributed by atoms with Crippen molar-refractivity contribution in [1.29, 1.82) is 0 Å². The average Bonchev–Trinajstić information content (AvgIpc) is 3.02. The molecule has 15 heavy (non-hydrogen) atoms. The van der Waals surface area contributed by atoms with E-state index < -0.39 is 0 Å². The monoisotopic (exact) mass is 210 g/mol. The van der Waals surface area contributed by atoms with E-state index in [2.05, 4.69) is 17.3 Å². The van der Waals surface area contributed by atoms with E-state index in [0.717, 1.165) is 12.0 Å². The van der Waals surface area contributed by atoms with Crippen LogP contribution in [0.2, 0.25) is 0 Å². The first-order chi connectivity index (χ1) is 7.34. The third kappa shape index (κ3) is 4.52. The van der Waals surface area contributed by atoms with Crippen LogP contribution in [0, 0.1) is 5.92 Å². The first kappa shape index (κ1) is 11.4. The van der Waals surface area contributed by atoms with Crippen molar-refractivity contribution in [3.8, 4) is 0 Å². The second-order valence-electron chi connectivity index (χ2n) is 5.47. The lowest BCUT2D eigenvalue weighted by molar-refractivity contribution is 0.343. The number of nitrogens with zero attached hydrogens (tertiary/aromatic N) is 1. The lowest BCUT2D eigenvalue weighted by atomic mass is 10.1. The molecular weight excluding hydrogens is 184 g/mol. The summed E-state index contributed by atoms with van der Waals surface area (Å²) in [7, 11) is 2.25. The minimum absolute atomic E-state index is 0.800. The molecule has 0 radical (unpaired) electrons. The molecule has 0 aromatic carbocycles. The van der Waals surface area contributed by atoms with Gasteiger partial charge in [0.25, 0.3) is 0 Å². The van der Waals surface area contributed by atoms with E-state index in [-0.39, 0.29) is 0 Å². The molecule has 1 heterocycles. The molecular formula is C13H26N2. The first-order valence-corrected chi connectivity index (χ1v) is 6.76. The quantitative estimate of drug-likeness (QED) is 0.700. The maximum Gasteiger partial charge on any atom is 0.00797 e. The normalized spacial score (nSPS) is 29.0. The molecule has 1 saturated carbocycles. The molecule has 2 rings (SSSR count). The summed E-state index contributed by atoms with van der Waals surface area (Å²) in [5.74, 6) is 1.10. The Morgan fingerprint density at radius 3 is 2.80 bits per heavy atom. The molecule has 1 atom stereocenters. The Morgan fingerprint density at radius 2 is 2.00 bits per heavy atom.